The van der Waals surface area contributed by atoms with Crippen LogP contribution < -0.4 is 11.1 Å². The van der Waals surface area contributed by atoms with Gasteiger partial charge < -0.3 is 11.1 Å². The normalized spacial score (nSPS) is 16.3. The fourth-order valence-electron chi connectivity index (χ4n) is 2.36. The molecule has 1 atom stereocenters. The number of amides is 1. The Kier molecular flexibility index (Phi) is 3.48. The van der Waals surface area contributed by atoms with Gasteiger partial charge in [-0.25, -0.2) is 0 Å². The summed E-state index contributed by atoms with van der Waals surface area (Å²) in [5.74, 6) is 0.118. The van der Waals surface area contributed by atoms with Gasteiger partial charge in [-0.1, -0.05) is 19.1 Å². The average Bonchev–Trinajstić information content (AvgIpc) is 2.28. The zero-order valence-electron chi connectivity index (χ0n) is 10.5. The molecule has 3 nitrogen and oxygen atoms in total. The summed E-state index contributed by atoms with van der Waals surface area (Å²) in [6, 6.07) is 4.50. The second-order valence-corrected chi connectivity index (χ2v) is 4.87. The SMILES string of the molecule is CCc1cc2c(c(CC(C)N)c1)NC(=O)CC2. The van der Waals surface area contributed by atoms with Crippen LogP contribution in [0.15, 0.2) is 12.1 Å². The predicted molar refractivity (Wildman–Crippen MR) is 70.1 cm³/mol. The molecule has 1 aliphatic heterocycles. The van der Waals surface area contributed by atoms with Gasteiger partial charge in [0.25, 0.3) is 0 Å². The minimum atomic E-state index is 0.116. The van der Waals surface area contributed by atoms with Crippen molar-refractivity contribution in [2.24, 2.45) is 5.73 Å². The van der Waals surface area contributed by atoms with Crippen LogP contribution in [0, 0.1) is 0 Å². The maximum Gasteiger partial charge on any atom is 0.224 e. The Morgan fingerprint density at radius 2 is 2.18 bits per heavy atom. The van der Waals surface area contributed by atoms with Crippen molar-refractivity contribution in [2.45, 2.75) is 45.6 Å². The Morgan fingerprint density at radius 1 is 1.41 bits per heavy atom. The van der Waals surface area contributed by atoms with Crippen LogP contribution in [-0.2, 0) is 24.1 Å². The van der Waals surface area contributed by atoms with Crippen LogP contribution in [0.3, 0.4) is 0 Å². The second kappa shape index (κ2) is 4.88. The molecule has 92 valence electrons. The molecule has 1 amide bonds. The number of carbonyl (C=O) groups is 1. The molecule has 1 heterocycles. The summed E-state index contributed by atoms with van der Waals surface area (Å²) in [4.78, 5) is 11.5. The Balaban J connectivity index is 2.43. The lowest BCUT2D eigenvalue weighted by molar-refractivity contribution is -0.116. The number of anilines is 1. The first-order chi connectivity index (χ1) is 8.10. The molecule has 1 aromatic rings. The van der Waals surface area contributed by atoms with Crippen molar-refractivity contribution >= 4 is 11.6 Å². The number of carbonyl (C=O) groups excluding carboxylic acids is 1. The first kappa shape index (κ1) is 12.1. The lowest BCUT2D eigenvalue weighted by atomic mass is 9.92. The summed E-state index contributed by atoms with van der Waals surface area (Å²) < 4.78 is 0. The van der Waals surface area contributed by atoms with E-state index in [9.17, 15) is 4.79 Å². The van der Waals surface area contributed by atoms with Crippen LogP contribution in [0.25, 0.3) is 0 Å². The van der Waals surface area contributed by atoms with E-state index >= 15 is 0 Å². The molecule has 3 heteroatoms. The van der Waals surface area contributed by atoms with Crippen LogP contribution in [0.5, 0.6) is 0 Å². The molecule has 0 bridgehead atoms. The molecular formula is C14H20N2O. The summed E-state index contributed by atoms with van der Waals surface area (Å²) in [7, 11) is 0. The molecule has 0 aliphatic carbocycles. The highest BCUT2D eigenvalue weighted by atomic mass is 16.1. The van der Waals surface area contributed by atoms with Crippen molar-refractivity contribution in [2.75, 3.05) is 5.32 Å². The monoisotopic (exact) mass is 232 g/mol. The number of nitrogens with two attached hydrogens (primary N) is 1. The Morgan fingerprint density at radius 3 is 2.82 bits per heavy atom. The van der Waals surface area contributed by atoms with E-state index in [1.54, 1.807) is 0 Å². The van der Waals surface area contributed by atoms with Crippen LogP contribution >= 0.6 is 0 Å². The van der Waals surface area contributed by atoms with Crippen molar-refractivity contribution < 1.29 is 4.79 Å². The van der Waals surface area contributed by atoms with E-state index in [4.69, 9.17) is 5.73 Å². The third kappa shape index (κ3) is 2.67. The molecule has 1 unspecified atom stereocenters. The van der Waals surface area contributed by atoms with Crippen molar-refractivity contribution in [3.05, 3.63) is 28.8 Å². The zero-order valence-corrected chi connectivity index (χ0v) is 10.5. The molecule has 0 saturated heterocycles. The van der Waals surface area contributed by atoms with E-state index in [1.807, 2.05) is 6.92 Å². The van der Waals surface area contributed by atoms with Gasteiger partial charge >= 0.3 is 0 Å². The van der Waals surface area contributed by atoms with E-state index in [0.717, 1.165) is 24.9 Å². The van der Waals surface area contributed by atoms with Gasteiger partial charge in [-0.2, -0.15) is 0 Å². The number of hydrogen-bond acceptors (Lipinski definition) is 2. The van der Waals surface area contributed by atoms with Crippen LogP contribution in [0.4, 0.5) is 5.69 Å². The van der Waals surface area contributed by atoms with E-state index in [2.05, 4.69) is 24.4 Å². The van der Waals surface area contributed by atoms with E-state index in [-0.39, 0.29) is 11.9 Å². The average molecular weight is 232 g/mol. The van der Waals surface area contributed by atoms with Crippen LogP contribution in [0.1, 0.15) is 37.0 Å². The molecule has 0 spiro atoms. The van der Waals surface area contributed by atoms with Crippen LogP contribution in [0.2, 0.25) is 0 Å². The highest BCUT2D eigenvalue weighted by Gasteiger charge is 2.19. The number of fused-ring (bicyclic) bond motifs is 1. The van der Waals surface area contributed by atoms with E-state index < -0.39 is 0 Å². The summed E-state index contributed by atoms with van der Waals surface area (Å²) in [6.45, 7) is 4.15. The fourth-order valence-corrected chi connectivity index (χ4v) is 2.36. The van der Waals surface area contributed by atoms with Gasteiger partial charge in [0.2, 0.25) is 5.91 Å². The zero-order chi connectivity index (χ0) is 12.4. The first-order valence-corrected chi connectivity index (χ1v) is 6.30. The quantitative estimate of drug-likeness (QED) is 0.837. The van der Waals surface area contributed by atoms with Gasteiger partial charge in [0.1, 0.15) is 0 Å². The highest BCUT2D eigenvalue weighted by Crippen LogP contribution is 2.29. The van der Waals surface area contributed by atoms with Gasteiger partial charge in [0.15, 0.2) is 0 Å². The number of nitrogens with one attached hydrogen (secondary N) is 1. The van der Waals surface area contributed by atoms with Crippen molar-refractivity contribution in [3.63, 3.8) is 0 Å². The molecule has 1 aromatic carbocycles. The lowest BCUT2D eigenvalue weighted by Gasteiger charge is -2.22. The number of rotatable bonds is 3. The minimum absolute atomic E-state index is 0.116. The topological polar surface area (TPSA) is 55.1 Å². The van der Waals surface area contributed by atoms with Crippen LogP contribution in [-0.4, -0.2) is 11.9 Å². The second-order valence-electron chi connectivity index (χ2n) is 4.87. The van der Waals surface area contributed by atoms with E-state index in [1.165, 1.54) is 16.7 Å². The summed E-state index contributed by atoms with van der Waals surface area (Å²) in [5, 5.41) is 2.99. The standard InChI is InChI=1S/C14H20N2O/c1-3-10-7-11-4-5-13(17)16-14(11)12(8-10)6-9(2)15/h7-9H,3-6,15H2,1-2H3,(H,16,17). The third-order valence-corrected chi connectivity index (χ3v) is 3.20. The summed E-state index contributed by atoms with van der Waals surface area (Å²) in [5.41, 5.74) is 10.7. The van der Waals surface area contributed by atoms with Crippen molar-refractivity contribution in [1.82, 2.24) is 0 Å². The molecule has 0 aromatic heterocycles. The fraction of sp³-hybridized carbons (Fsp3) is 0.500. The molecular weight excluding hydrogens is 212 g/mol. The Bertz CT molecular complexity index is 438. The molecule has 1 aliphatic rings. The third-order valence-electron chi connectivity index (χ3n) is 3.20. The number of hydrogen-bond donors (Lipinski definition) is 2. The highest BCUT2D eigenvalue weighted by molar-refractivity contribution is 5.95. The van der Waals surface area contributed by atoms with Crippen molar-refractivity contribution in [3.8, 4) is 0 Å². The van der Waals surface area contributed by atoms with Gasteiger partial charge in [0, 0.05) is 18.2 Å². The van der Waals surface area contributed by atoms with Gasteiger partial charge in [0.05, 0.1) is 0 Å². The molecule has 17 heavy (non-hydrogen) atoms. The minimum Gasteiger partial charge on any atom is -0.328 e. The summed E-state index contributed by atoms with van der Waals surface area (Å²) >= 11 is 0. The number of aryl methyl sites for hydroxylation is 2. The van der Waals surface area contributed by atoms with Gasteiger partial charge in [-0.3, -0.25) is 4.79 Å². The molecule has 2 rings (SSSR count). The molecule has 0 radical (unpaired) electrons. The first-order valence-electron chi connectivity index (χ1n) is 6.30. The molecule has 3 N–H and O–H groups in total. The van der Waals surface area contributed by atoms with E-state index in [0.29, 0.717) is 6.42 Å². The van der Waals surface area contributed by atoms with Gasteiger partial charge in [-0.05, 0) is 42.9 Å². The van der Waals surface area contributed by atoms with Gasteiger partial charge in [-0.15, -0.1) is 0 Å². The maximum atomic E-state index is 11.5. The maximum absolute atomic E-state index is 11.5. The van der Waals surface area contributed by atoms with Crippen molar-refractivity contribution in [1.29, 1.82) is 0 Å². The number of benzene rings is 1. The lowest BCUT2D eigenvalue weighted by Crippen LogP contribution is -2.24. The summed E-state index contributed by atoms with van der Waals surface area (Å²) in [6.07, 6.45) is 3.28. The smallest absolute Gasteiger partial charge is 0.224 e. The molecule has 0 saturated carbocycles. The predicted octanol–water partition coefficient (Wildman–Crippen LogP) is 2.02. The Hall–Kier alpha value is -1.35. The Labute approximate surface area is 102 Å². The molecule has 0 fully saturated rings. The largest absolute Gasteiger partial charge is 0.328 e.